The van der Waals surface area contributed by atoms with Crippen LogP contribution >= 0.6 is 12.0 Å². The Balaban J connectivity index is 2.04. The second-order valence-corrected chi connectivity index (χ2v) is 5.33. The van der Waals surface area contributed by atoms with E-state index in [4.69, 9.17) is 4.74 Å². The molecular weight excluding hydrogens is 308 g/mol. The van der Waals surface area contributed by atoms with Crippen molar-refractivity contribution in [2.75, 3.05) is 5.75 Å². The quantitative estimate of drug-likeness (QED) is 0.485. The average molecular weight is 322 g/mol. The molecule has 1 unspecified atom stereocenters. The van der Waals surface area contributed by atoms with E-state index in [0.717, 1.165) is 17.6 Å². The molecule has 1 aliphatic rings. The van der Waals surface area contributed by atoms with Gasteiger partial charge in [0.25, 0.3) is 0 Å². The third kappa shape index (κ3) is 3.88. The van der Waals surface area contributed by atoms with Gasteiger partial charge >= 0.3 is 11.9 Å². The van der Waals surface area contributed by atoms with E-state index in [-0.39, 0.29) is 17.7 Å². The van der Waals surface area contributed by atoms with Gasteiger partial charge in [0.2, 0.25) is 0 Å². The molecule has 0 bridgehead atoms. The van der Waals surface area contributed by atoms with Gasteiger partial charge in [0.1, 0.15) is 5.57 Å². The molecule has 1 N–H and O–H groups in total. The van der Waals surface area contributed by atoms with E-state index in [0.29, 0.717) is 0 Å². The summed E-state index contributed by atoms with van der Waals surface area (Å²) in [5.41, 5.74) is 0.399. The molecule has 0 amide bonds. The topological polar surface area (TPSA) is 89.9 Å². The van der Waals surface area contributed by atoms with Crippen LogP contribution in [0.5, 0.6) is 0 Å². The second-order valence-electron chi connectivity index (χ2n) is 4.60. The summed E-state index contributed by atoms with van der Waals surface area (Å²) in [4.78, 5) is 34.6. The number of hydrogen-bond donors (Lipinski definition) is 1. The molecule has 7 heteroatoms. The van der Waals surface area contributed by atoms with Crippen molar-refractivity contribution in [1.29, 1.82) is 0 Å². The number of hydrogen-bond acceptors (Lipinski definition) is 7. The van der Waals surface area contributed by atoms with Crippen LogP contribution < -0.4 is 0 Å². The summed E-state index contributed by atoms with van der Waals surface area (Å²) in [5.74, 6) is -2.25. The lowest BCUT2D eigenvalue weighted by atomic mass is 10.0. The summed E-state index contributed by atoms with van der Waals surface area (Å²) in [6.45, 7) is 1.23. The summed E-state index contributed by atoms with van der Waals surface area (Å²) in [6.07, 6.45) is -0.981. The van der Waals surface area contributed by atoms with E-state index >= 15 is 0 Å². The molecule has 1 aromatic carbocycles. The Morgan fingerprint density at radius 3 is 2.64 bits per heavy atom. The zero-order valence-corrected chi connectivity index (χ0v) is 12.6. The summed E-state index contributed by atoms with van der Waals surface area (Å²) in [5, 5.41) is 9.99. The average Bonchev–Trinajstić information content (AvgIpc) is 2.74. The monoisotopic (exact) mass is 322 g/mol. The highest BCUT2D eigenvalue weighted by Gasteiger charge is 2.38. The molecule has 22 heavy (non-hydrogen) atoms. The molecule has 1 heterocycles. The number of carbonyl (C=O) groups excluding carboxylic acids is 3. The number of aliphatic hydroxyl groups excluding tert-OH is 1. The molecule has 1 atom stereocenters. The maximum atomic E-state index is 12.2. The van der Waals surface area contributed by atoms with Gasteiger partial charge in [-0.05, 0) is 5.56 Å². The van der Waals surface area contributed by atoms with Crippen molar-refractivity contribution < 1.29 is 28.4 Å². The first kappa shape index (κ1) is 16.1. The lowest BCUT2D eigenvalue weighted by molar-refractivity contribution is -0.140. The Labute approximate surface area is 131 Å². The molecule has 1 aliphatic heterocycles. The van der Waals surface area contributed by atoms with Crippen LogP contribution in [0.15, 0.2) is 41.7 Å². The van der Waals surface area contributed by atoms with Crippen LogP contribution in [-0.2, 0) is 29.7 Å². The standard InChI is InChI=1S/C15H14O6S/c1-9(16)21-22-8-12-14(18)13(15(19)20-12)11(17)7-10-5-3-2-4-6-10/h2-6,12,18H,7-8H2,1H3. The van der Waals surface area contributed by atoms with Crippen molar-refractivity contribution in [1.82, 2.24) is 0 Å². The molecule has 116 valence electrons. The Kier molecular flexibility index (Phi) is 5.21. The van der Waals surface area contributed by atoms with Crippen molar-refractivity contribution in [3.8, 4) is 0 Å². The fourth-order valence-electron chi connectivity index (χ4n) is 1.93. The number of cyclic esters (lactones) is 1. The number of ketones is 1. The van der Waals surface area contributed by atoms with Crippen LogP contribution in [-0.4, -0.2) is 34.7 Å². The first-order valence-electron chi connectivity index (χ1n) is 6.50. The van der Waals surface area contributed by atoms with Crippen LogP contribution in [0.3, 0.4) is 0 Å². The van der Waals surface area contributed by atoms with Crippen molar-refractivity contribution in [3.05, 3.63) is 47.2 Å². The van der Waals surface area contributed by atoms with Crippen LogP contribution in [0.1, 0.15) is 12.5 Å². The van der Waals surface area contributed by atoms with E-state index in [2.05, 4.69) is 4.18 Å². The van der Waals surface area contributed by atoms with Crippen LogP contribution in [0.4, 0.5) is 0 Å². The Morgan fingerprint density at radius 2 is 2.00 bits per heavy atom. The third-order valence-electron chi connectivity index (χ3n) is 2.90. The fraction of sp³-hybridized carbons (Fsp3) is 0.267. The molecular formula is C15H14O6S. The molecule has 2 rings (SSSR count). The van der Waals surface area contributed by atoms with Gasteiger partial charge in [0, 0.05) is 13.3 Å². The van der Waals surface area contributed by atoms with Gasteiger partial charge in [-0.25, -0.2) is 4.79 Å². The van der Waals surface area contributed by atoms with Gasteiger partial charge in [0.15, 0.2) is 17.6 Å². The molecule has 6 nitrogen and oxygen atoms in total. The number of ether oxygens (including phenoxy) is 1. The molecule has 0 saturated heterocycles. The molecule has 0 radical (unpaired) electrons. The number of benzene rings is 1. The SMILES string of the molecule is CC(=O)OSCC1OC(=O)C(C(=O)Cc2ccccc2)=C1O. The zero-order valence-electron chi connectivity index (χ0n) is 11.8. The second kappa shape index (κ2) is 7.13. The van der Waals surface area contributed by atoms with Crippen molar-refractivity contribution in [2.45, 2.75) is 19.4 Å². The van der Waals surface area contributed by atoms with Crippen molar-refractivity contribution >= 4 is 29.8 Å². The minimum Gasteiger partial charge on any atom is -0.507 e. The summed E-state index contributed by atoms with van der Waals surface area (Å²) in [7, 11) is 0. The van der Waals surface area contributed by atoms with Gasteiger partial charge < -0.3 is 14.0 Å². The maximum Gasteiger partial charge on any atom is 0.346 e. The highest BCUT2D eigenvalue weighted by atomic mass is 32.2. The van der Waals surface area contributed by atoms with Gasteiger partial charge in [-0.3, -0.25) is 9.59 Å². The van der Waals surface area contributed by atoms with Crippen LogP contribution in [0.2, 0.25) is 0 Å². The number of carbonyl (C=O) groups is 3. The van der Waals surface area contributed by atoms with E-state index < -0.39 is 29.6 Å². The Hall–Kier alpha value is -2.28. The highest BCUT2D eigenvalue weighted by molar-refractivity contribution is 7.95. The number of esters is 1. The first-order valence-corrected chi connectivity index (χ1v) is 7.41. The Morgan fingerprint density at radius 1 is 1.32 bits per heavy atom. The summed E-state index contributed by atoms with van der Waals surface area (Å²) in [6, 6.07) is 8.88. The molecule has 0 saturated carbocycles. The number of rotatable bonds is 6. The van der Waals surface area contributed by atoms with E-state index in [1.54, 1.807) is 24.3 Å². The lowest BCUT2D eigenvalue weighted by Crippen LogP contribution is -2.15. The summed E-state index contributed by atoms with van der Waals surface area (Å²) >= 11 is 0.750. The predicted molar refractivity (Wildman–Crippen MR) is 78.9 cm³/mol. The highest BCUT2D eigenvalue weighted by Crippen LogP contribution is 2.25. The van der Waals surface area contributed by atoms with Gasteiger partial charge in [-0.15, -0.1) is 0 Å². The van der Waals surface area contributed by atoms with E-state index in [9.17, 15) is 19.5 Å². The normalized spacial score (nSPS) is 17.3. The van der Waals surface area contributed by atoms with E-state index in [1.807, 2.05) is 6.07 Å². The minimum absolute atomic E-state index is 0.000851. The number of aliphatic hydroxyl groups is 1. The van der Waals surface area contributed by atoms with Gasteiger partial charge in [0.05, 0.1) is 17.8 Å². The third-order valence-corrected chi connectivity index (χ3v) is 3.69. The molecule has 1 aromatic rings. The Bertz CT molecular complexity index is 622. The maximum absolute atomic E-state index is 12.2. The molecule has 0 spiro atoms. The zero-order chi connectivity index (χ0) is 16.1. The molecule has 0 fully saturated rings. The predicted octanol–water partition coefficient (Wildman–Crippen LogP) is 1.75. The first-order chi connectivity index (χ1) is 10.5. The van der Waals surface area contributed by atoms with Crippen molar-refractivity contribution in [2.24, 2.45) is 0 Å². The molecule has 0 aliphatic carbocycles. The lowest BCUT2D eigenvalue weighted by Gasteiger charge is -2.08. The van der Waals surface area contributed by atoms with Gasteiger partial charge in [-0.1, -0.05) is 30.3 Å². The largest absolute Gasteiger partial charge is 0.507 e. The van der Waals surface area contributed by atoms with Crippen molar-refractivity contribution in [3.63, 3.8) is 0 Å². The minimum atomic E-state index is -0.980. The fourth-order valence-corrected chi connectivity index (χ4v) is 2.51. The number of Topliss-reactive ketones (excluding diaryl/α,β-unsaturated/α-hetero) is 1. The smallest absolute Gasteiger partial charge is 0.346 e. The van der Waals surface area contributed by atoms with E-state index in [1.165, 1.54) is 6.92 Å². The summed E-state index contributed by atoms with van der Waals surface area (Å²) < 4.78 is 9.58. The van der Waals surface area contributed by atoms with Crippen LogP contribution in [0, 0.1) is 0 Å². The van der Waals surface area contributed by atoms with Gasteiger partial charge in [-0.2, -0.15) is 0 Å². The molecule has 0 aromatic heterocycles. The van der Waals surface area contributed by atoms with Crippen LogP contribution in [0.25, 0.3) is 0 Å².